The third-order valence-electron chi connectivity index (χ3n) is 4.61. The van der Waals surface area contributed by atoms with Crippen molar-refractivity contribution >= 4 is 17.6 Å². The fraction of sp³-hybridized carbons (Fsp3) is 0.217. The number of carbonyl (C=O) groups is 1. The Labute approximate surface area is 177 Å². The molecule has 0 unspecified atom stereocenters. The molecule has 2 aromatic carbocycles. The number of esters is 1. The van der Waals surface area contributed by atoms with Crippen LogP contribution in [0, 0.1) is 17.5 Å². The Balaban J connectivity index is 1.82. The van der Waals surface area contributed by atoms with Gasteiger partial charge >= 0.3 is 5.97 Å². The van der Waals surface area contributed by atoms with Gasteiger partial charge in [-0.1, -0.05) is 29.8 Å². The van der Waals surface area contributed by atoms with Crippen molar-refractivity contribution in [3.05, 3.63) is 99.1 Å². The van der Waals surface area contributed by atoms with Gasteiger partial charge in [0.1, 0.15) is 5.69 Å². The molecule has 7 heteroatoms. The first-order valence-corrected chi connectivity index (χ1v) is 9.79. The van der Waals surface area contributed by atoms with Crippen molar-refractivity contribution in [2.24, 2.45) is 0 Å². The van der Waals surface area contributed by atoms with Crippen LogP contribution in [0.5, 0.6) is 0 Å². The van der Waals surface area contributed by atoms with Crippen molar-refractivity contribution in [1.82, 2.24) is 4.98 Å². The van der Waals surface area contributed by atoms with Gasteiger partial charge in [-0.2, -0.15) is 0 Å². The SMILES string of the molecule is CCOC(=O)c1cccc(Cc2cc(Cl)ccc2CCc2ccc(F)c(F)c2F)n1. The van der Waals surface area contributed by atoms with Crippen LogP contribution in [0.1, 0.15) is 39.8 Å². The molecule has 0 aliphatic heterocycles. The molecule has 0 radical (unpaired) electrons. The molecule has 0 saturated carbocycles. The van der Waals surface area contributed by atoms with E-state index in [2.05, 4.69) is 4.98 Å². The smallest absolute Gasteiger partial charge is 0.356 e. The summed E-state index contributed by atoms with van der Waals surface area (Å²) in [5.41, 5.74) is 2.66. The van der Waals surface area contributed by atoms with Crippen molar-refractivity contribution in [2.45, 2.75) is 26.2 Å². The summed E-state index contributed by atoms with van der Waals surface area (Å²) in [4.78, 5) is 16.3. The molecule has 0 amide bonds. The van der Waals surface area contributed by atoms with Crippen molar-refractivity contribution in [1.29, 1.82) is 0 Å². The average molecular weight is 434 g/mol. The number of hydrogen-bond donors (Lipinski definition) is 0. The first-order valence-electron chi connectivity index (χ1n) is 9.41. The number of carbonyl (C=O) groups excluding carboxylic acids is 1. The van der Waals surface area contributed by atoms with Gasteiger partial charge in [0.05, 0.1) is 6.61 Å². The van der Waals surface area contributed by atoms with Crippen LogP contribution in [0.2, 0.25) is 5.02 Å². The summed E-state index contributed by atoms with van der Waals surface area (Å²) in [6.07, 6.45) is 0.976. The van der Waals surface area contributed by atoms with Crippen molar-refractivity contribution in [3.8, 4) is 0 Å². The van der Waals surface area contributed by atoms with Gasteiger partial charge in [0.15, 0.2) is 17.5 Å². The molecule has 0 saturated heterocycles. The van der Waals surface area contributed by atoms with Crippen LogP contribution < -0.4 is 0 Å². The van der Waals surface area contributed by atoms with E-state index >= 15 is 0 Å². The highest BCUT2D eigenvalue weighted by atomic mass is 35.5. The number of rotatable bonds is 7. The van der Waals surface area contributed by atoms with Crippen LogP contribution in [0.25, 0.3) is 0 Å². The number of hydrogen-bond acceptors (Lipinski definition) is 3. The van der Waals surface area contributed by atoms with Crippen LogP contribution in [0.15, 0.2) is 48.5 Å². The Morgan fingerprint density at radius 1 is 0.967 bits per heavy atom. The van der Waals surface area contributed by atoms with Gasteiger partial charge in [-0.3, -0.25) is 0 Å². The molecular weight excluding hydrogens is 415 g/mol. The summed E-state index contributed by atoms with van der Waals surface area (Å²) in [7, 11) is 0. The third kappa shape index (κ3) is 5.19. The second-order valence-corrected chi connectivity index (χ2v) is 7.10. The van der Waals surface area contributed by atoms with Gasteiger partial charge in [-0.05, 0) is 66.8 Å². The highest BCUT2D eigenvalue weighted by molar-refractivity contribution is 6.30. The molecule has 0 spiro atoms. The molecule has 0 N–H and O–H groups in total. The normalized spacial score (nSPS) is 10.8. The molecule has 0 bridgehead atoms. The number of benzene rings is 2. The fourth-order valence-electron chi connectivity index (χ4n) is 3.12. The van der Waals surface area contributed by atoms with E-state index in [1.165, 1.54) is 6.07 Å². The van der Waals surface area contributed by atoms with Gasteiger partial charge in [0.25, 0.3) is 0 Å². The van der Waals surface area contributed by atoms with E-state index in [1.54, 1.807) is 37.3 Å². The van der Waals surface area contributed by atoms with Gasteiger partial charge in [0, 0.05) is 17.1 Å². The molecule has 0 aliphatic carbocycles. The van der Waals surface area contributed by atoms with Gasteiger partial charge in [0.2, 0.25) is 0 Å². The van der Waals surface area contributed by atoms with E-state index in [0.717, 1.165) is 17.2 Å². The van der Waals surface area contributed by atoms with Crippen LogP contribution in [-0.2, 0) is 24.0 Å². The maximum absolute atomic E-state index is 14.0. The number of halogens is 4. The van der Waals surface area contributed by atoms with Gasteiger partial charge < -0.3 is 4.74 Å². The minimum absolute atomic E-state index is 0.0947. The predicted octanol–water partition coefficient (Wildman–Crippen LogP) is 5.71. The third-order valence-corrected chi connectivity index (χ3v) is 4.85. The van der Waals surface area contributed by atoms with E-state index < -0.39 is 23.4 Å². The summed E-state index contributed by atoms with van der Waals surface area (Å²) in [6, 6.07) is 12.5. The Morgan fingerprint density at radius 3 is 2.47 bits per heavy atom. The quantitative estimate of drug-likeness (QED) is 0.354. The van der Waals surface area contributed by atoms with E-state index in [0.29, 0.717) is 23.6 Å². The number of aromatic nitrogens is 1. The summed E-state index contributed by atoms with van der Waals surface area (Å²) >= 11 is 6.14. The number of pyridine rings is 1. The Morgan fingerprint density at radius 2 is 1.70 bits per heavy atom. The zero-order valence-electron chi connectivity index (χ0n) is 16.2. The first kappa shape index (κ1) is 21.8. The highest BCUT2D eigenvalue weighted by Gasteiger charge is 2.15. The lowest BCUT2D eigenvalue weighted by molar-refractivity contribution is 0.0519. The average Bonchev–Trinajstić information content (AvgIpc) is 2.73. The molecule has 0 fully saturated rings. The second-order valence-electron chi connectivity index (χ2n) is 6.66. The molecule has 0 atom stereocenters. The Bertz CT molecular complexity index is 1070. The minimum atomic E-state index is -1.47. The molecule has 156 valence electrons. The summed E-state index contributed by atoms with van der Waals surface area (Å²) in [5.74, 6) is -4.35. The van der Waals surface area contributed by atoms with E-state index in [-0.39, 0.29) is 24.3 Å². The molecule has 3 aromatic rings. The van der Waals surface area contributed by atoms with E-state index in [9.17, 15) is 18.0 Å². The zero-order valence-corrected chi connectivity index (χ0v) is 17.0. The van der Waals surface area contributed by atoms with Gasteiger partial charge in [-0.15, -0.1) is 0 Å². The van der Waals surface area contributed by atoms with Crippen molar-refractivity contribution < 1.29 is 22.7 Å². The summed E-state index contributed by atoms with van der Waals surface area (Å²) in [6.45, 7) is 1.97. The molecule has 0 aliphatic rings. The van der Waals surface area contributed by atoms with Crippen LogP contribution in [0.3, 0.4) is 0 Å². The number of nitrogens with zero attached hydrogens (tertiary/aromatic N) is 1. The van der Waals surface area contributed by atoms with Crippen LogP contribution in [0.4, 0.5) is 13.2 Å². The minimum Gasteiger partial charge on any atom is -0.461 e. The lowest BCUT2D eigenvalue weighted by Gasteiger charge is -2.12. The monoisotopic (exact) mass is 433 g/mol. The summed E-state index contributed by atoms with van der Waals surface area (Å²) < 4.78 is 45.6. The Kier molecular flexibility index (Phi) is 7.11. The standard InChI is InChI=1S/C23H19ClF3NO2/c1-2-30-23(29)20-5-3-4-18(28-20)13-16-12-17(24)10-8-14(16)6-7-15-9-11-19(25)22(27)21(15)26/h3-5,8-12H,2,6-7,13H2,1H3. The fourth-order valence-corrected chi connectivity index (χ4v) is 3.32. The first-order chi connectivity index (χ1) is 14.4. The van der Waals surface area contributed by atoms with Crippen LogP contribution in [-0.4, -0.2) is 17.6 Å². The maximum Gasteiger partial charge on any atom is 0.356 e. The topological polar surface area (TPSA) is 39.2 Å². The lowest BCUT2D eigenvalue weighted by atomic mass is 9.96. The zero-order chi connectivity index (χ0) is 21.7. The molecule has 3 rings (SSSR count). The Hall–Kier alpha value is -2.86. The van der Waals surface area contributed by atoms with Crippen molar-refractivity contribution in [2.75, 3.05) is 6.61 Å². The second kappa shape index (κ2) is 9.76. The molecule has 30 heavy (non-hydrogen) atoms. The van der Waals surface area contributed by atoms with E-state index in [4.69, 9.17) is 16.3 Å². The van der Waals surface area contributed by atoms with Gasteiger partial charge in [-0.25, -0.2) is 22.9 Å². The number of aryl methyl sites for hydroxylation is 2. The lowest BCUT2D eigenvalue weighted by Crippen LogP contribution is -2.09. The highest BCUT2D eigenvalue weighted by Crippen LogP contribution is 2.22. The molecular formula is C23H19ClF3NO2. The molecule has 1 aromatic heterocycles. The largest absolute Gasteiger partial charge is 0.461 e. The van der Waals surface area contributed by atoms with E-state index in [1.807, 2.05) is 6.07 Å². The van der Waals surface area contributed by atoms with Crippen molar-refractivity contribution in [3.63, 3.8) is 0 Å². The summed E-state index contributed by atoms with van der Waals surface area (Å²) in [5, 5.41) is 0.523. The number of ether oxygens (including phenoxy) is 1. The molecule has 3 nitrogen and oxygen atoms in total. The predicted molar refractivity (Wildman–Crippen MR) is 108 cm³/mol. The van der Waals surface area contributed by atoms with Crippen LogP contribution >= 0.6 is 11.6 Å². The maximum atomic E-state index is 14.0. The molecule has 1 heterocycles.